The molecular weight excluding hydrogens is 456 g/mol. The average Bonchev–Trinajstić information content (AvgIpc) is 3.42. The Morgan fingerprint density at radius 3 is 1.33 bits per heavy atom. The van der Waals surface area contributed by atoms with Gasteiger partial charge in [-0.15, -0.1) is 0 Å². The molecule has 0 atom stereocenters. The lowest BCUT2D eigenvalue weighted by molar-refractivity contribution is 0.450. The minimum absolute atomic E-state index is 0.00535. The fourth-order valence-electron chi connectivity index (χ4n) is 3.94. The van der Waals surface area contributed by atoms with Crippen molar-refractivity contribution >= 4 is 22.1 Å². The largest absolute Gasteiger partial charge is 0.508 e. The van der Waals surface area contributed by atoms with E-state index in [1.54, 1.807) is 12.1 Å². The van der Waals surface area contributed by atoms with Gasteiger partial charge in [-0.3, -0.25) is 0 Å². The van der Waals surface area contributed by atoms with E-state index >= 15 is 0 Å². The van der Waals surface area contributed by atoms with Gasteiger partial charge in [-0.2, -0.15) is 0 Å². The first-order chi connectivity index (χ1) is 17.3. The zero-order chi connectivity index (χ0) is 25.4. The highest BCUT2D eigenvalue weighted by atomic mass is 16.3. The molecule has 0 saturated heterocycles. The minimum atomic E-state index is 0.00535. The summed E-state index contributed by atoms with van der Waals surface area (Å²) in [5, 5.41) is 38.1. The summed E-state index contributed by atoms with van der Waals surface area (Å²) in [6.45, 7) is 4.02. The fraction of sp³-hybridized carbons (Fsp3) is 0.0714. The van der Waals surface area contributed by atoms with Crippen molar-refractivity contribution in [3.8, 4) is 45.8 Å². The molecule has 6 rings (SSSR count). The number of H-pyrrole nitrogens is 2. The first-order valence-corrected chi connectivity index (χ1v) is 11.2. The topological polar surface area (TPSA) is 138 Å². The maximum atomic E-state index is 9.80. The first-order valence-electron chi connectivity index (χ1n) is 11.2. The van der Waals surface area contributed by atoms with Gasteiger partial charge in [0.15, 0.2) is 0 Å². The second kappa shape index (κ2) is 8.99. The van der Waals surface area contributed by atoms with Crippen LogP contribution in [0.5, 0.6) is 23.0 Å². The molecule has 2 heterocycles. The molecule has 0 amide bonds. The predicted octanol–water partition coefficient (Wildman–Crippen LogP) is 5.90. The summed E-state index contributed by atoms with van der Waals surface area (Å²) >= 11 is 0. The summed E-state index contributed by atoms with van der Waals surface area (Å²) in [5.41, 5.74) is 6.99. The van der Waals surface area contributed by atoms with Gasteiger partial charge in [0.25, 0.3) is 0 Å². The molecule has 0 fully saturated rings. The van der Waals surface area contributed by atoms with Crippen LogP contribution in [0.1, 0.15) is 11.1 Å². The van der Waals surface area contributed by atoms with Gasteiger partial charge in [-0.1, -0.05) is 12.1 Å². The van der Waals surface area contributed by atoms with Crippen molar-refractivity contribution in [2.75, 3.05) is 0 Å². The number of hydrogen-bond donors (Lipinski definition) is 6. The van der Waals surface area contributed by atoms with Gasteiger partial charge >= 0.3 is 0 Å². The molecule has 0 saturated carbocycles. The molecule has 8 heteroatoms. The Hall–Kier alpha value is -4.98. The van der Waals surface area contributed by atoms with Crippen molar-refractivity contribution < 1.29 is 20.4 Å². The van der Waals surface area contributed by atoms with Crippen molar-refractivity contribution in [3.05, 3.63) is 83.9 Å². The van der Waals surface area contributed by atoms with Crippen LogP contribution in [-0.4, -0.2) is 40.4 Å². The van der Waals surface area contributed by atoms with Crippen LogP contribution in [-0.2, 0) is 0 Å². The molecule has 0 spiro atoms. The SMILES string of the molecule is Cc1ccc2nc(-c3ccc(O)cc3O)[nH]c2c1.Cc1ccc2nc(-c3ccc(O)cc3O)[nH]c2c1. The number of aromatic hydroxyl groups is 4. The van der Waals surface area contributed by atoms with Gasteiger partial charge in [0, 0.05) is 12.1 Å². The second-order valence-corrected chi connectivity index (χ2v) is 8.61. The van der Waals surface area contributed by atoms with Gasteiger partial charge in [0.05, 0.1) is 33.2 Å². The van der Waals surface area contributed by atoms with Crippen LogP contribution >= 0.6 is 0 Å². The Morgan fingerprint density at radius 1 is 0.528 bits per heavy atom. The number of aromatic amines is 2. The summed E-state index contributed by atoms with van der Waals surface area (Å²) in [7, 11) is 0. The number of fused-ring (bicyclic) bond motifs is 2. The quantitative estimate of drug-likeness (QED) is 0.182. The Kier molecular flexibility index (Phi) is 5.69. The standard InChI is InChI=1S/2C14H12N2O2/c2*1-8-2-5-11-12(6-8)16-14(15-11)10-4-3-9(17)7-13(10)18/h2*2-7,17-18H,1H3,(H,15,16). The predicted molar refractivity (Wildman–Crippen MR) is 139 cm³/mol. The molecule has 0 aliphatic heterocycles. The van der Waals surface area contributed by atoms with E-state index in [9.17, 15) is 20.4 Å². The lowest BCUT2D eigenvalue weighted by atomic mass is 10.2. The van der Waals surface area contributed by atoms with E-state index in [2.05, 4.69) is 19.9 Å². The molecular formula is C28H24N4O4. The average molecular weight is 481 g/mol. The number of hydrogen-bond acceptors (Lipinski definition) is 6. The van der Waals surface area contributed by atoms with Gasteiger partial charge in [-0.05, 0) is 73.5 Å². The highest BCUT2D eigenvalue weighted by molar-refractivity contribution is 5.82. The van der Waals surface area contributed by atoms with Crippen molar-refractivity contribution in [1.82, 2.24) is 19.9 Å². The normalized spacial score (nSPS) is 10.9. The van der Waals surface area contributed by atoms with Crippen molar-refractivity contribution in [2.24, 2.45) is 0 Å². The summed E-state index contributed by atoms with van der Waals surface area (Å²) < 4.78 is 0. The number of nitrogens with one attached hydrogen (secondary N) is 2. The second-order valence-electron chi connectivity index (χ2n) is 8.61. The third-order valence-electron chi connectivity index (χ3n) is 5.75. The lowest BCUT2D eigenvalue weighted by Crippen LogP contribution is -1.81. The Bertz CT molecular complexity index is 1590. The molecule has 0 radical (unpaired) electrons. The zero-order valence-corrected chi connectivity index (χ0v) is 19.6. The van der Waals surface area contributed by atoms with Crippen LogP contribution < -0.4 is 0 Å². The van der Waals surface area contributed by atoms with Gasteiger partial charge in [0.2, 0.25) is 0 Å². The number of phenols is 4. The number of imidazole rings is 2. The Morgan fingerprint density at radius 2 is 0.944 bits per heavy atom. The molecule has 2 aromatic heterocycles. The molecule has 0 aliphatic rings. The highest BCUT2D eigenvalue weighted by Crippen LogP contribution is 2.32. The van der Waals surface area contributed by atoms with E-state index in [-0.39, 0.29) is 23.0 Å². The summed E-state index contributed by atoms with van der Waals surface area (Å²) in [4.78, 5) is 15.2. The monoisotopic (exact) mass is 480 g/mol. The van der Waals surface area contributed by atoms with E-state index in [4.69, 9.17) is 0 Å². The number of phenolic OH excluding ortho intramolecular Hbond substituents is 4. The van der Waals surface area contributed by atoms with Crippen LogP contribution in [0, 0.1) is 13.8 Å². The van der Waals surface area contributed by atoms with Gasteiger partial charge in [-0.25, -0.2) is 9.97 Å². The molecule has 0 aliphatic carbocycles. The smallest absolute Gasteiger partial charge is 0.142 e. The van der Waals surface area contributed by atoms with Crippen molar-refractivity contribution in [3.63, 3.8) is 0 Å². The van der Waals surface area contributed by atoms with Crippen LogP contribution in [0.25, 0.3) is 44.8 Å². The Labute approximate surface area is 206 Å². The number of rotatable bonds is 2. The van der Waals surface area contributed by atoms with Gasteiger partial charge in [0.1, 0.15) is 34.6 Å². The number of nitrogens with zero attached hydrogens (tertiary/aromatic N) is 2. The third-order valence-corrected chi connectivity index (χ3v) is 5.75. The molecule has 8 nitrogen and oxygen atoms in total. The van der Waals surface area contributed by atoms with Gasteiger partial charge < -0.3 is 30.4 Å². The van der Waals surface area contributed by atoms with Crippen molar-refractivity contribution in [2.45, 2.75) is 13.8 Å². The van der Waals surface area contributed by atoms with E-state index in [0.29, 0.717) is 22.8 Å². The fourth-order valence-corrected chi connectivity index (χ4v) is 3.94. The number of aryl methyl sites for hydroxylation is 2. The molecule has 36 heavy (non-hydrogen) atoms. The maximum Gasteiger partial charge on any atom is 0.142 e. The minimum Gasteiger partial charge on any atom is -0.508 e. The number of aromatic nitrogens is 4. The van der Waals surface area contributed by atoms with Crippen LogP contribution in [0.15, 0.2) is 72.8 Å². The molecule has 0 unspecified atom stereocenters. The third kappa shape index (κ3) is 4.52. The summed E-state index contributed by atoms with van der Waals surface area (Å²) in [6.07, 6.45) is 0. The highest BCUT2D eigenvalue weighted by Gasteiger charge is 2.11. The van der Waals surface area contributed by atoms with E-state index in [1.165, 1.54) is 24.3 Å². The molecule has 4 aromatic carbocycles. The summed E-state index contributed by atoms with van der Waals surface area (Å²) in [5.74, 6) is 1.25. The number of benzene rings is 4. The van der Waals surface area contributed by atoms with Crippen molar-refractivity contribution in [1.29, 1.82) is 0 Å². The van der Waals surface area contributed by atoms with E-state index < -0.39 is 0 Å². The summed E-state index contributed by atoms with van der Waals surface area (Å²) in [6, 6.07) is 20.8. The molecule has 6 aromatic rings. The Balaban J connectivity index is 0.000000148. The van der Waals surface area contributed by atoms with Crippen LogP contribution in [0.3, 0.4) is 0 Å². The maximum absolute atomic E-state index is 9.80. The van der Waals surface area contributed by atoms with Crippen LogP contribution in [0.4, 0.5) is 0 Å². The first kappa shape index (κ1) is 22.8. The molecule has 180 valence electrons. The molecule has 6 N–H and O–H groups in total. The molecule has 0 bridgehead atoms. The lowest BCUT2D eigenvalue weighted by Gasteiger charge is -2.01. The van der Waals surface area contributed by atoms with E-state index in [0.717, 1.165) is 33.2 Å². The zero-order valence-electron chi connectivity index (χ0n) is 19.6. The van der Waals surface area contributed by atoms with Crippen LogP contribution in [0.2, 0.25) is 0 Å². The van der Waals surface area contributed by atoms with E-state index in [1.807, 2.05) is 50.2 Å².